The Hall–Kier alpha value is -1.76. The average molecular weight is 240 g/mol. The first kappa shape index (κ1) is 13.3. The lowest BCUT2D eigenvalue weighted by Crippen LogP contribution is -2.31. The molecule has 7 heteroatoms. The Balaban J connectivity index is 2.69. The van der Waals surface area contributed by atoms with Gasteiger partial charge in [-0.05, 0) is 5.92 Å². The zero-order valence-electron chi connectivity index (χ0n) is 10.1. The standard InChI is InChI=1S/C10H16N4O3/c1-7(2)9(6-17-3)13-10-11-4-8(5-12-10)14(15)16/h4-5,7,9H,6H2,1-3H3,(H,11,12,13). The highest BCUT2D eigenvalue weighted by Gasteiger charge is 2.15. The number of hydrogen-bond acceptors (Lipinski definition) is 6. The lowest BCUT2D eigenvalue weighted by Gasteiger charge is -2.21. The summed E-state index contributed by atoms with van der Waals surface area (Å²) in [6, 6.07) is 0.0708. The van der Waals surface area contributed by atoms with Crippen LogP contribution in [0.25, 0.3) is 0 Å². The van der Waals surface area contributed by atoms with Gasteiger partial charge in [-0.2, -0.15) is 0 Å². The van der Waals surface area contributed by atoms with Gasteiger partial charge in [0, 0.05) is 7.11 Å². The minimum absolute atomic E-state index is 0.0708. The number of rotatable bonds is 6. The van der Waals surface area contributed by atoms with Gasteiger partial charge in [0.15, 0.2) is 0 Å². The summed E-state index contributed by atoms with van der Waals surface area (Å²) in [6.45, 7) is 4.61. The maximum Gasteiger partial charge on any atom is 0.305 e. The van der Waals surface area contributed by atoms with Crippen LogP contribution >= 0.6 is 0 Å². The van der Waals surface area contributed by atoms with Gasteiger partial charge in [-0.15, -0.1) is 0 Å². The molecular weight excluding hydrogens is 224 g/mol. The molecule has 0 saturated heterocycles. The quantitative estimate of drug-likeness (QED) is 0.598. The third-order valence-corrected chi connectivity index (χ3v) is 2.31. The summed E-state index contributed by atoms with van der Waals surface area (Å²) in [6.07, 6.45) is 2.36. The van der Waals surface area contributed by atoms with Crippen LogP contribution in [0, 0.1) is 16.0 Å². The fourth-order valence-electron chi connectivity index (χ4n) is 1.24. The highest BCUT2D eigenvalue weighted by atomic mass is 16.6. The number of aromatic nitrogens is 2. The van der Waals surface area contributed by atoms with Gasteiger partial charge in [0.25, 0.3) is 0 Å². The molecular formula is C10H16N4O3. The maximum absolute atomic E-state index is 10.4. The van der Waals surface area contributed by atoms with Crippen molar-refractivity contribution >= 4 is 11.6 Å². The van der Waals surface area contributed by atoms with Gasteiger partial charge in [-0.1, -0.05) is 13.8 Å². The molecule has 0 aliphatic heterocycles. The van der Waals surface area contributed by atoms with Crippen LogP contribution in [0.1, 0.15) is 13.8 Å². The van der Waals surface area contributed by atoms with Crippen molar-refractivity contribution in [2.45, 2.75) is 19.9 Å². The van der Waals surface area contributed by atoms with Gasteiger partial charge in [0.2, 0.25) is 5.95 Å². The Morgan fingerprint density at radius 3 is 2.47 bits per heavy atom. The molecule has 94 valence electrons. The summed E-state index contributed by atoms with van der Waals surface area (Å²) >= 11 is 0. The van der Waals surface area contributed by atoms with Crippen LogP contribution in [-0.2, 0) is 4.74 Å². The Labute approximate surface area is 99.4 Å². The number of nitro groups is 1. The second-order valence-corrected chi connectivity index (χ2v) is 3.97. The molecule has 0 aromatic carbocycles. The van der Waals surface area contributed by atoms with Gasteiger partial charge >= 0.3 is 5.69 Å². The fraction of sp³-hybridized carbons (Fsp3) is 0.600. The summed E-state index contributed by atoms with van der Waals surface area (Å²) in [5.41, 5.74) is -0.122. The minimum atomic E-state index is -0.529. The highest BCUT2D eigenvalue weighted by Crippen LogP contribution is 2.11. The second kappa shape index (κ2) is 6.09. The van der Waals surface area contributed by atoms with Crippen molar-refractivity contribution < 1.29 is 9.66 Å². The van der Waals surface area contributed by atoms with Crippen LogP contribution in [0.3, 0.4) is 0 Å². The first-order valence-electron chi connectivity index (χ1n) is 5.26. The van der Waals surface area contributed by atoms with E-state index in [1.54, 1.807) is 7.11 Å². The lowest BCUT2D eigenvalue weighted by molar-refractivity contribution is -0.385. The molecule has 1 aromatic rings. The Morgan fingerprint density at radius 2 is 2.06 bits per heavy atom. The zero-order valence-corrected chi connectivity index (χ0v) is 10.1. The van der Waals surface area contributed by atoms with Gasteiger partial charge in [-0.25, -0.2) is 9.97 Å². The lowest BCUT2D eigenvalue weighted by atomic mass is 10.1. The first-order chi connectivity index (χ1) is 8.04. The molecule has 0 amide bonds. The van der Waals surface area contributed by atoms with Crippen LogP contribution in [-0.4, -0.2) is 34.6 Å². The average Bonchev–Trinajstić information content (AvgIpc) is 2.29. The molecule has 0 aliphatic rings. The largest absolute Gasteiger partial charge is 0.383 e. The maximum atomic E-state index is 10.4. The van der Waals surface area contributed by atoms with E-state index in [2.05, 4.69) is 15.3 Å². The molecule has 1 aromatic heterocycles. The molecule has 17 heavy (non-hydrogen) atoms. The number of ether oxygens (including phenoxy) is 1. The van der Waals surface area contributed by atoms with Crippen LogP contribution in [0.2, 0.25) is 0 Å². The minimum Gasteiger partial charge on any atom is -0.383 e. The molecule has 7 nitrogen and oxygen atoms in total. The van der Waals surface area contributed by atoms with E-state index in [9.17, 15) is 10.1 Å². The van der Waals surface area contributed by atoms with Crippen molar-refractivity contribution in [3.05, 3.63) is 22.5 Å². The topological polar surface area (TPSA) is 90.2 Å². The van der Waals surface area contributed by atoms with Crippen molar-refractivity contribution in [3.63, 3.8) is 0 Å². The molecule has 1 rings (SSSR count). The van der Waals surface area contributed by atoms with Crippen molar-refractivity contribution in [1.82, 2.24) is 9.97 Å². The molecule has 1 N–H and O–H groups in total. The predicted molar refractivity (Wildman–Crippen MR) is 62.8 cm³/mol. The Bertz CT molecular complexity index is 366. The van der Waals surface area contributed by atoms with Gasteiger partial charge in [0.05, 0.1) is 17.6 Å². The zero-order chi connectivity index (χ0) is 12.8. The van der Waals surface area contributed by atoms with E-state index in [1.165, 1.54) is 12.4 Å². The van der Waals surface area contributed by atoms with Crippen LogP contribution in [0.5, 0.6) is 0 Å². The summed E-state index contributed by atoms with van der Waals surface area (Å²) in [5, 5.41) is 13.5. The second-order valence-electron chi connectivity index (χ2n) is 3.97. The van der Waals surface area contributed by atoms with E-state index in [-0.39, 0.29) is 11.7 Å². The molecule has 0 saturated carbocycles. The van der Waals surface area contributed by atoms with Crippen LogP contribution in [0.4, 0.5) is 11.6 Å². The first-order valence-corrected chi connectivity index (χ1v) is 5.26. The van der Waals surface area contributed by atoms with E-state index in [0.29, 0.717) is 18.5 Å². The fourth-order valence-corrected chi connectivity index (χ4v) is 1.24. The molecule has 0 spiro atoms. The third kappa shape index (κ3) is 3.95. The molecule has 1 atom stereocenters. The SMILES string of the molecule is COCC(Nc1ncc([N+](=O)[O-])cn1)C(C)C. The summed E-state index contributed by atoms with van der Waals surface area (Å²) < 4.78 is 5.07. The summed E-state index contributed by atoms with van der Waals surface area (Å²) in [7, 11) is 1.62. The number of anilines is 1. The number of nitrogens with zero attached hydrogens (tertiary/aromatic N) is 3. The summed E-state index contributed by atoms with van der Waals surface area (Å²) in [5.74, 6) is 0.708. The van der Waals surface area contributed by atoms with Crippen LogP contribution < -0.4 is 5.32 Å². The van der Waals surface area contributed by atoms with E-state index in [1.807, 2.05) is 13.8 Å². The molecule has 0 fully saturated rings. The van der Waals surface area contributed by atoms with Crippen molar-refractivity contribution in [1.29, 1.82) is 0 Å². The van der Waals surface area contributed by atoms with Crippen molar-refractivity contribution in [2.75, 3.05) is 19.0 Å². The smallest absolute Gasteiger partial charge is 0.305 e. The normalized spacial score (nSPS) is 12.5. The van der Waals surface area contributed by atoms with Gasteiger partial charge in [0.1, 0.15) is 12.4 Å². The monoisotopic (exact) mass is 240 g/mol. The molecule has 1 heterocycles. The molecule has 0 bridgehead atoms. The molecule has 1 unspecified atom stereocenters. The predicted octanol–water partition coefficient (Wildman–Crippen LogP) is 1.47. The molecule has 0 radical (unpaired) electrons. The third-order valence-electron chi connectivity index (χ3n) is 2.31. The number of methoxy groups -OCH3 is 1. The number of hydrogen-bond donors (Lipinski definition) is 1. The summed E-state index contributed by atoms with van der Waals surface area (Å²) in [4.78, 5) is 17.7. The van der Waals surface area contributed by atoms with Crippen molar-refractivity contribution in [3.8, 4) is 0 Å². The number of nitrogens with one attached hydrogen (secondary N) is 1. The van der Waals surface area contributed by atoms with E-state index in [0.717, 1.165) is 0 Å². The van der Waals surface area contributed by atoms with E-state index in [4.69, 9.17) is 4.74 Å². The van der Waals surface area contributed by atoms with Gasteiger partial charge < -0.3 is 10.1 Å². The van der Waals surface area contributed by atoms with E-state index >= 15 is 0 Å². The van der Waals surface area contributed by atoms with Crippen LogP contribution in [0.15, 0.2) is 12.4 Å². The molecule has 0 aliphatic carbocycles. The Kier molecular flexibility index (Phi) is 4.77. The van der Waals surface area contributed by atoms with Crippen molar-refractivity contribution in [2.24, 2.45) is 5.92 Å². The van der Waals surface area contributed by atoms with Gasteiger partial charge in [-0.3, -0.25) is 10.1 Å². The van der Waals surface area contributed by atoms with E-state index < -0.39 is 4.92 Å². The Morgan fingerprint density at radius 1 is 1.47 bits per heavy atom. The highest BCUT2D eigenvalue weighted by molar-refractivity contribution is 5.31.